The summed E-state index contributed by atoms with van der Waals surface area (Å²) in [6.45, 7) is 4.88. The van der Waals surface area contributed by atoms with Crippen LogP contribution in [-0.2, 0) is 0 Å². The van der Waals surface area contributed by atoms with Crippen LogP contribution in [0.15, 0.2) is 42.5 Å². The fraction of sp³-hybridized carbons (Fsp3) is 0.278. The Bertz CT molecular complexity index is 632. The van der Waals surface area contributed by atoms with Crippen molar-refractivity contribution in [2.24, 2.45) is 0 Å². The molecule has 116 valence electrons. The van der Waals surface area contributed by atoms with Crippen molar-refractivity contribution < 1.29 is 14.3 Å². The van der Waals surface area contributed by atoms with Gasteiger partial charge in [-0.25, -0.2) is 0 Å². The Morgan fingerprint density at radius 1 is 1.05 bits per heavy atom. The second-order valence-electron chi connectivity index (χ2n) is 5.03. The molecule has 0 aromatic heterocycles. The van der Waals surface area contributed by atoms with Gasteiger partial charge in [-0.1, -0.05) is 30.3 Å². The molecule has 0 saturated heterocycles. The second-order valence-corrected chi connectivity index (χ2v) is 5.03. The molecule has 0 unspecified atom stereocenters. The summed E-state index contributed by atoms with van der Waals surface area (Å²) in [4.78, 5) is 12.1. The maximum atomic E-state index is 12.1. The minimum Gasteiger partial charge on any atom is -0.496 e. The van der Waals surface area contributed by atoms with Crippen LogP contribution in [0, 0.1) is 13.8 Å². The Labute approximate surface area is 131 Å². The van der Waals surface area contributed by atoms with Crippen molar-refractivity contribution in [3.05, 3.63) is 59.2 Å². The number of hydrogen-bond donors (Lipinski definition) is 1. The van der Waals surface area contributed by atoms with Crippen molar-refractivity contribution >= 4 is 5.91 Å². The molecule has 0 radical (unpaired) electrons. The molecule has 0 aliphatic heterocycles. The zero-order chi connectivity index (χ0) is 15.9. The average Bonchev–Trinajstić information content (AvgIpc) is 2.53. The minimum absolute atomic E-state index is 0.164. The SMILES string of the molecule is COc1ccccc1C(=O)NCCOc1c(C)cccc1C. The molecule has 0 spiro atoms. The molecular weight excluding hydrogens is 278 g/mol. The van der Waals surface area contributed by atoms with Crippen LogP contribution in [0.4, 0.5) is 0 Å². The smallest absolute Gasteiger partial charge is 0.255 e. The summed E-state index contributed by atoms with van der Waals surface area (Å²) in [5.41, 5.74) is 2.71. The van der Waals surface area contributed by atoms with Crippen molar-refractivity contribution in [3.8, 4) is 11.5 Å². The Hall–Kier alpha value is -2.49. The maximum absolute atomic E-state index is 12.1. The summed E-state index contributed by atoms with van der Waals surface area (Å²) >= 11 is 0. The fourth-order valence-electron chi connectivity index (χ4n) is 2.27. The van der Waals surface area contributed by atoms with E-state index >= 15 is 0 Å². The highest BCUT2D eigenvalue weighted by Crippen LogP contribution is 2.22. The highest BCUT2D eigenvalue weighted by molar-refractivity contribution is 5.96. The zero-order valence-corrected chi connectivity index (χ0v) is 13.2. The van der Waals surface area contributed by atoms with Gasteiger partial charge >= 0.3 is 0 Å². The number of rotatable bonds is 6. The first kappa shape index (κ1) is 15.9. The van der Waals surface area contributed by atoms with Crippen molar-refractivity contribution in [3.63, 3.8) is 0 Å². The van der Waals surface area contributed by atoms with E-state index in [1.807, 2.05) is 44.2 Å². The first-order chi connectivity index (χ1) is 10.6. The predicted octanol–water partition coefficient (Wildman–Crippen LogP) is 3.12. The molecule has 2 aromatic rings. The number of amides is 1. The normalized spacial score (nSPS) is 10.1. The van der Waals surface area contributed by atoms with E-state index in [0.29, 0.717) is 24.5 Å². The van der Waals surface area contributed by atoms with E-state index in [0.717, 1.165) is 16.9 Å². The molecule has 0 aliphatic rings. The number of carbonyl (C=O) groups is 1. The molecule has 0 aliphatic carbocycles. The largest absolute Gasteiger partial charge is 0.496 e. The van der Waals surface area contributed by atoms with Crippen LogP contribution in [0.1, 0.15) is 21.5 Å². The molecule has 2 rings (SSSR count). The van der Waals surface area contributed by atoms with E-state index in [1.165, 1.54) is 0 Å². The molecule has 2 aromatic carbocycles. The number of nitrogens with one attached hydrogen (secondary N) is 1. The van der Waals surface area contributed by atoms with Gasteiger partial charge < -0.3 is 14.8 Å². The van der Waals surface area contributed by atoms with E-state index in [9.17, 15) is 4.79 Å². The van der Waals surface area contributed by atoms with Gasteiger partial charge in [-0.3, -0.25) is 4.79 Å². The van der Waals surface area contributed by atoms with Gasteiger partial charge in [-0.2, -0.15) is 0 Å². The van der Waals surface area contributed by atoms with Gasteiger partial charge in [0.25, 0.3) is 5.91 Å². The number of hydrogen-bond acceptors (Lipinski definition) is 3. The minimum atomic E-state index is -0.164. The highest BCUT2D eigenvalue weighted by Gasteiger charge is 2.10. The predicted molar refractivity (Wildman–Crippen MR) is 86.7 cm³/mol. The molecule has 0 bridgehead atoms. The fourth-order valence-corrected chi connectivity index (χ4v) is 2.27. The summed E-state index contributed by atoms with van der Waals surface area (Å²) in [6, 6.07) is 13.2. The van der Waals surface area contributed by atoms with Crippen LogP contribution in [0.3, 0.4) is 0 Å². The van der Waals surface area contributed by atoms with Crippen LogP contribution in [0.5, 0.6) is 11.5 Å². The maximum Gasteiger partial charge on any atom is 0.255 e. The summed E-state index contributed by atoms with van der Waals surface area (Å²) in [7, 11) is 1.55. The quantitative estimate of drug-likeness (QED) is 0.834. The van der Waals surface area contributed by atoms with Crippen LogP contribution < -0.4 is 14.8 Å². The Morgan fingerprint density at radius 3 is 2.41 bits per heavy atom. The van der Waals surface area contributed by atoms with Crippen molar-refractivity contribution in [1.29, 1.82) is 0 Å². The Kier molecular flexibility index (Phi) is 5.42. The zero-order valence-electron chi connectivity index (χ0n) is 13.2. The molecular formula is C18H21NO3. The summed E-state index contributed by atoms with van der Waals surface area (Å²) in [5, 5.41) is 2.84. The Morgan fingerprint density at radius 2 is 1.73 bits per heavy atom. The summed E-state index contributed by atoms with van der Waals surface area (Å²) < 4.78 is 10.9. The van der Waals surface area contributed by atoms with E-state index in [4.69, 9.17) is 9.47 Å². The summed E-state index contributed by atoms with van der Waals surface area (Å²) in [5.74, 6) is 1.28. The molecule has 4 nitrogen and oxygen atoms in total. The number of benzene rings is 2. The number of methoxy groups -OCH3 is 1. The number of ether oxygens (including phenoxy) is 2. The molecule has 4 heteroatoms. The van der Waals surface area contributed by atoms with Crippen molar-refractivity contribution in [1.82, 2.24) is 5.32 Å². The molecule has 0 heterocycles. The standard InChI is InChI=1S/C18H21NO3/c1-13-7-6-8-14(2)17(13)22-12-11-19-18(20)15-9-4-5-10-16(15)21-3/h4-10H,11-12H2,1-3H3,(H,19,20). The van der Waals surface area contributed by atoms with Gasteiger partial charge in [0.2, 0.25) is 0 Å². The Balaban J connectivity index is 1.88. The summed E-state index contributed by atoms with van der Waals surface area (Å²) in [6.07, 6.45) is 0. The molecule has 22 heavy (non-hydrogen) atoms. The van der Waals surface area contributed by atoms with E-state index < -0.39 is 0 Å². The molecule has 1 N–H and O–H groups in total. The average molecular weight is 299 g/mol. The molecule has 1 amide bonds. The lowest BCUT2D eigenvalue weighted by Crippen LogP contribution is -2.28. The van der Waals surface area contributed by atoms with Crippen molar-refractivity contribution in [2.45, 2.75) is 13.8 Å². The highest BCUT2D eigenvalue weighted by atomic mass is 16.5. The third kappa shape index (κ3) is 3.79. The van der Waals surface area contributed by atoms with Gasteiger partial charge in [-0.15, -0.1) is 0 Å². The lowest BCUT2D eigenvalue weighted by atomic mass is 10.1. The second kappa shape index (κ2) is 7.50. The van der Waals surface area contributed by atoms with Crippen LogP contribution in [-0.4, -0.2) is 26.2 Å². The number of para-hydroxylation sites is 2. The monoisotopic (exact) mass is 299 g/mol. The van der Waals surface area contributed by atoms with E-state index in [1.54, 1.807) is 19.2 Å². The number of aryl methyl sites for hydroxylation is 2. The van der Waals surface area contributed by atoms with Crippen LogP contribution in [0.25, 0.3) is 0 Å². The van der Waals surface area contributed by atoms with Crippen LogP contribution in [0.2, 0.25) is 0 Å². The molecule has 0 fully saturated rings. The first-order valence-corrected chi connectivity index (χ1v) is 7.23. The molecule has 0 saturated carbocycles. The van der Waals surface area contributed by atoms with Crippen LogP contribution >= 0.6 is 0 Å². The van der Waals surface area contributed by atoms with Gasteiger partial charge in [0.05, 0.1) is 19.2 Å². The van der Waals surface area contributed by atoms with Gasteiger partial charge in [0, 0.05) is 0 Å². The molecule has 0 atom stereocenters. The van der Waals surface area contributed by atoms with Gasteiger partial charge in [0.15, 0.2) is 0 Å². The third-order valence-electron chi connectivity index (χ3n) is 3.39. The lowest BCUT2D eigenvalue weighted by molar-refractivity contribution is 0.0944. The van der Waals surface area contributed by atoms with E-state index in [-0.39, 0.29) is 5.91 Å². The third-order valence-corrected chi connectivity index (χ3v) is 3.39. The first-order valence-electron chi connectivity index (χ1n) is 7.23. The van der Waals surface area contributed by atoms with E-state index in [2.05, 4.69) is 5.32 Å². The topological polar surface area (TPSA) is 47.6 Å². The van der Waals surface area contributed by atoms with Gasteiger partial charge in [0.1, 0.15) is 18.1 Å². The number of carbonyl (C=O) groups excluding carboxylic acids is 1. The van der Waals surface area contributed by atoms with Crippen molar-refractivity contribution in [2.75, 3.05) is 20.3 Å². The van der Waals surface area contributed by atoms with Gasteiger partial charge in [-0.05, 0) is 37.1 Å². The lowest BCUT2D eigenvalue weighted by Gasteiger charge is -2.13.